The molecule has 0 heterocycles. The molecule has 8 nitrogen and oxygen atoms in total. The molecule has 0 atom stereocenters. The largest absolute Gasteiger partial charge is 0.343 e. The molecule has 0 aliphatic rings. The van der Waals surface area contributed by atoms with Gasteiger partial charge in [-0.3, -0.25) is 30.6 Å². The molecule has 0 unspecified atom stereocenters. The van der Waals surface area contributed by atoms with Crippen molar-refractivity contribution in [1.29, 1.82) is 0 Å². The minimum atomic E-state index is -2.36. The molecule has 2 aromatic carbocycles. The Bertz CT molecular complexity index is 941. The lowest BCUT2D eigenvalue weighted by Gasteiger charge is -2.12. The minimum Gasteiger partial charge on any atom is -0.343 e. The lowest BCUT2D eigenvalue weighted by Crippen LogP contribution is -2.40. The number of rotatable bonds is 6. The number of nitrogens with zero attached hydrogens (tertiary/aromatic N) is 1. The highest BCUT2D eigenvalue weighted by molar-refractivity contribution is 5.97. The van der Waals surface area contributed by atoms with Crippen molar-refractivity contribution >= 4 is 23.2 Å². The van der Waals surface area contributed by atoms with Crippen molar-refractivity contribution in [2.45, 2.75) is 0 Å². The first-order valence-corrected chi connectivity index (χ1v) is 7.22. The fraction of sp³-hybridized carbons (Fsp3) is 0.0667. The average molecular weight is 404 g/mol. The van der Waals surface area contributed by atoms with Crippen LogP contribution in [0.25, 0.3) is 0 Å². The van der Waals surface area contributed by atoms with Gasteiger partial charge in [0.15, 0.2) is 23.3 Å². The van der Waals surface area contributed by atoms with Crippen LogP contribution in [-0.2, 0) is 4.79 Å². The molecule has 13 heteroatoms. The number of amides is 2. The quantitative estimate of drug-likeness (QED) is 0.225. The number of non-ortho nitro benzene ring substituents is 1. The number of carbonyl (C=O) groups is 2. The third-order valence-electron chi connectivity index (χ3n) is 3.27. The molecule has 2 aromatic rings. The molecule has 3 N–H and O–H groups in total. The van der Waals surface area contributed by atoms with Gasteiger partial charge in [-0.2, -0.15) is 0 Å². The molecule has 0 aliphatic heterocycles. The molecule has 0 bridgehead atoms. The van der Waals surface area contributed by atoms with E-state index in [2.05, 4.69) is 5.32 Å². The summed E-state index contributed by atoms with van der Waals surface area (Å²) in [6, 6.07) is 4.54. The summed E-state index contributed by atoms with van der Waals surface area (Å²) in [6.45, 7) is -0.774. The molecule has 0 radical (unpaired) electrons. The van der Waals surface area contributed by atoms with Gasteiger partial charge in [0, 0.05) is 17.7 Å². The fourth-order valence-corrected chi connectivity index (χ4v) is 1.91. The Kier molecular flexibility index (Phi) is 6.08. The number of hydrogen-bond donors (Lipinski definition) is 3. The number of hydrogen-bond acceptors (Lipinski definition) is 5. The first-order chi connectivity index (χ1) is 13.1. The van der Waals surface area contributed by atoms with E-state index >= 15 is 0 Å². The summed E-state index contributed by atoms with van der Waals surface area (Å²) in [6.07, 6.45) is 0. The Morgan fingerprint density at radius 2 is 1.54 bits per heavy atom. The molecule has 0 spiro atoms. The van der Waals surface area contributed by atoms with Crippen molar-refractivity contribution in [3.8, 4) is 0 Å². The van der Waals surface area contributed by atoms with Crippen molar-refractivity contribution in [3.63, 3.8) is 0 Å². The van der Waals surface area contributed by atoms with Crippen molar-refractivity contribution in [2.75, 3.05) is 12.0 Å². The summed E-state index contributed by atoms with van der Waals surface area (Å²) in [5.41, 5.74) is 1.18. The SMILES string of the molecule is O=C(CNC(=O)c1cccc([N+](=O)[O-])c1)NNc1c(F)c(F)c(F)c(F)c1F. The van der Waals surface area contributed by atoms with Crippen molar-refractivity contribution < 1.29 is 36.5 Å². The zero-order valence-corrected chi connectivity index (χ0v) is 13.5. The molecule has 0 aromatic heterocycles. The number of halogens is 5. The van der Waals surface area contributed by atoms with Gasteiger partial charge in [0.25, 0.3) is 17.5 Å². The Morgan fingerprint density at radius 1 is 0.964 bits per heavy atom. The molecule has 2 rings (SSSR count). The topological polar surface area (TPSA) is 113 Å². The standard InChI is InChI=1S/C15H9F5N4O4/c16-9-10(17)12(19)14(13(20)11(9)18)23-22-8(25)5-21-15(26)6-2-1-3-7(4-6)24(27)28/h1-4,23H,5H2,(H,21,26)(H,22,25). The minimum absolute atomic E-state index is 0.144. The number of anilines is 1. The van der Waals surface area contributed by atoms with Crippen LogP contribution in [-0.4, -0.2) is 23.3 Å². The summed E-state index contributed by atoms with van der Waals surface area (Å²) in [5.74, 6) is -13.2. The summed E-state index contributed by atoms with van der Waals surface area (Å²) in [7, 11) is 0. The number of nitro groups is 1. The lowest BCUT2D eigenvalue weighted by molar-refractivity contribution is -0.384. The first kappa shape index (κ1) is 20.5. The first-order valence-electron chi connectivity index (χ1n) is 7.22. The van der Waals surface area contributed by atoms with E-state index in [0.717, 1.165) is 12.1 Å². The number of benzene rings is 2. The van der Waals surface area contributed by atoms with Crippen LogP contribution in [0.3, 0.4) is 0 Å². The van der Waals surface area contributed by atoms with Gasteiger partial charge in [0.1, 0.15) is 5.69 Å². The van der Waals surface area contributed by atoms with E-state index < -0.39 is 58.1 Å². The smallest absolute Gasteiger partial charge is 0.270 e. The predicted octanol–water partition coefficient (Wildman–Crippen LogP) is 2.16. The second kappa shape index (κ2) is 8.28. The maximum atomic E-state index is 13.4. The molecule has 28 heavy (non-hydrogen) atoms. The lowest BCUT2D eigenvalue weighted by atomic mass is 10.2. The van der Waals surface area contributed by atoms with Gasteiger partial charge in [-0.25, -0.2) is 22.0 Å². The van der Waals surface area contributed by atoms with Crippen LogP contribution in [0.4, 0.5) is 33.3 Å². The zero-order chi connectivity index (χ0) is 21.0. The van der Waals surface area contributed by atoms with Crippen LogP contribution >= 0.6 is 0 Å². The Balaban J connectivity index is 1.98. The monoisotopic (exact) mass is 404 g/mol. The highest BCUT2D eigenvalue weighted by atomic mass is 19.2. The normalized spacial score (nSPS) is 10.3. The Hall–Kier alpha value is -3.77. The van der Waals surface area contributed by atoms with E-state index in [1.54, 1.807) is 10.9 Å². The van der Waals surface area contributed by atoms with Crippen LogP contribution in [0, 0.1) is 39.2 Å². The maximum absolute atomic E-state index is 13.4. The molecular formula is C15H9F5N4O4. The highest BCUT2D eigenvalue weighted by Gasteiger charge is 2.26. The molecule has 0 saturated carbocycles. The Labute approximate surface area is 152 Å². The van der Waals surface area contributed by atoms with Gasteiger partial charge in [-0.1, -0.05) is 6.07 Å². The second-order valence-corrected chi connectivity index (χ2v) is 5.11. The number of nitro benzene ring substituents is 1. The summed E-state index contributed by atoms with van der Waals surface area (Å²) in [5, 5.41) is 12.7. The van der Waals surface area contributed by atoms with E-state index in [1.165, 1.54) is 12.1 Å². The molecule has 0 saturated heterocycles. The van der Waals surface area contributed by atoms with E-state index in [9.17, 15) is 41.7 Å². The van der Waals surface area contributed by atoms with Crippen LogP contribution in [0.15, 0.2) is 24.3 Å². The van der Waals surface area contributed by atoms with E-state index in [0.29, 0.717) is 0 Å². The predicted molar refractivity (Wildman–Crippen MR) is 83.4 cm³/mol. The second-order valence-electron chi connectivity index (χ2n) is 5.11. The van der Waals surface area contributed by atoms with Gasteiger partial charge in [0.2, 0.25) is 5.82 Å². The molecule has 0 fully saturated rings. The number of hydrazine groups is 1. The van der Waals surface area contributed by atoms with Crippen molar-refractivity contribution in [1.82, 2.24) is 10.7 Å². The van der Waals surface area contributed by atoms with Gasteiger partial charge in [-0.05, 0) is 6.07 Å². The van der Waals surface area contributed by atoms with Crippen molar-refractivity contribution in [2.24, 2.45) is 0 Å². The third-order valence-corrected chi connectivity index (χ3v) is 3.27. The summed E-state index contributed by atoms with van der Waals surface area (Å²) in [4.78, 5) is 33.3. The zero-order valence-electron chi connectivity index (χ0n) is 13.5. The Morgan fingerprint density at radius 3 is 2.11 bits per heavy atom. The van der Waals surface area contributed by atoms with E-state index in [-0.39, 0.29) is 11.3 Å². The number of nitrogens with one attached hydrogen (secondary N) is 3. The third kappa shape index (κ3) is 4.31. The fourth-order valence-electron chi connectivity index (χ4n) is 1.91. The maximum Gasteiger partial charge on any atom is 0.270 e. The van der Waals surface area contributed by atoms with Gasteiger partial charge in [-0.15, -0.1) is 0 Å². The molecule has 148 valence electrons. The summed E-state index contributed by atoms with van der Waals surface area (Å²) >= 11 is 0. The van der Waals surface area contributed by atoms with E-state index in [4.69, 9.17) is 0 Å². The van der Waals surface area contributed by atoms with Crippen molar-refractivity contribution in [3.05, 3.63) is 69.0 Å². The number of carbonyl (C=O) groups excluding carboxylic acids is 2. The molecule has 0 aliphatic carbocycles. The van der Waals surface area contributed by atoms with Crippen LogP contribution in [0.5, 0.6) is 0 Å². The van der Waals surface area contributed by atoms with E-state index in [1.807, 2.05) is 0 Å². The highest BCUT2D eigenvalue weighted by Crippen LogP contribution is 2.26. The molecule has 2 amide bonds. The molecular weight excluding hydrogens is 395 g/mol. The van der Waals surface area contributed by atoms with Gasteiger partial charge in [0.05, 0.1) is 11.5 Å². The van der Waals surface area contributed by atoms with Gasteiger partial charge >= 0.3 is 0 Å². The average Bonchev–Trinajstić information content (AvgIpc) is 2.69. The van der Waals surface area contributed by atoms with Gasteiger partial charge < -0.3 is 5.32 Å². The summed E-state index contributed by atoms with van der Waals surface area (Å²) < 4.78 is 65.9. The van der Waals surface area contributed by atoms with Crippen LogP contribution in [0.2, 0.25) is 0 Å². The van der Waals surface area contributed by atoms with Crippen LogP contribution in [0.1, 0.15) is 10.4 Å². The van der Waals surface area contributed by atoms with Crippen LogP contribution < -0.4 is 16.2 Å².